The molecular formula is C23H21NO2S. The van der Waals surface area contributed by atoms with Gasteiger partial charge in [0.05, 0.1) is 10.6 Å². The standard InChI is InChI=1S/C23H21NO2S/c1-18-13-15-22(16-14-18)27(25,26)24-23(21-11-7-4-8-12-21)17-19(2)20-9-5-3-6-10-20/h3-17H,1-2H3/b19-17+,24-23-. The normalized spacial score (nSPS) is 12.8. The molecule has 0 heterocycles. The molecule has 0 fully saturated rings. The molecule has 3 aromatic carbocycles. The Bertz CT molecular complexity index is 1070. The molecule has 0 atom stereocenters. The van der Waals surface area contributed by atoms with Gasteiger partial charge in [-0.15, -0.1) is 0 Å². The summed E-state index contributed by atoms with van der Waals surface area (Å²) in [5, 5.41) is 0. The molecule has 4 heteroatoms. The van der Waals surface area contributed by atoms with Crippen molar-refractivity contribution in [3.05, 3.63) is 108 Å². The van der Waals surface area contributed by atoms with Gasteiger partial charge in [0, 0.05) is 5.56 Å². The van der Waals surface area contributed by atoms with Gasteiger partial charge < -0.3 is 0 Å². The molecule has 0 unspecified atom stereocenters. The molecule has 0 aromatic heterocycles. The van der Waals surface area contributed by atoms with Crippen LogP contribution in [-0.4, -0.2) is 14.1 Å². The summed E-state index contributed by atoms with van der Waals surface area (Å²) in [5.41, 5.74) is 4.13. The molecule has 3 rings (SSSR count). The molecule has 0 saturated carbocycles. The minimum Gasteiger partial charge on any atom is -0.199 e. The van der Waals surface area contributed by atoms with Crippen LogP contribution in [0, 0.1) is 6.92 Å². The Labute approximate surface area is 160 Å². The maximum atomic E-state index is 12.8. The number of hydrogen-bond acceptors (Lipinski definition) is 2. The highest BCUT2D eigenvalue weighted by Gasteiger charge is 2.14. The predicted octanol–water partition coefficient (Wildman–Crippen LogP) is 5.28. The first kappa shape index (κ1) is 18.8. The van der Waals surface area contributed by atoms with Crippen molar-refractivity contribution in [3.63, 3.8) is 0 Å². The van der Waals surface area contributed by atoms with Gasteiger partial charge in [0.25, 0.3) is 10.0 Å². The van der Waals surface area contributed by atoms with Crippen LogP contribution in [0.1, 0.15) is 23.6 Å². The molecule has 0 aliphatic carbocycles. The smallest absolute Gasteiger partial charge is 0.199 e. The Balaban J connectivity index is 2.10. The Morgan fingerprint density at radius 2 is 1.30 bits per heavy atom. The quantitative estimate of drug-likeness (QED) is 0.570. The van der Waals surface area contributed by atoms with Gasteiger partial charge in [0.15, 0.2) is 0 Å². The SMILES string of the molecule is C/C(=C\C(=N\S(=O)(=O)c1ccc(C)cc1)c1ccccc1)c1ccccc1. The summed E-state index contributed by atoms with van der Waals surface area (Å²) in [4.78, 5) is 0.187. The summed E-state index contributed by atoms with van der Waals surface area (Å²) in [6.07, 6.45) is 1.82. The molecule has 0 saturated heterocycles. The van der Waals surface area contributed by atoms with Crippen LogP contribution in [-0.2, 0) is 10.0 Å². The van der Waals surface area contributed by atoms with Gasteiger partial charge in [-0.3, -0.25) is 0 Å². The Kier molecular flexibility index (Phi) is 5.67. The number of rotatable bonds is 5. The molecule has 0 aliphatic rings. The van der Waals surface area contributed by atoms with E-state index in [0.717, 1.165) is 22.3 Å². The van der Waals surface area contributed by atoms with Crippen LogP contribution in [0.5, 0.6) is 0 Å². The van der Waals surface area contributed by atoms with Crippen molar-refractivity contribution in [2.45, 2.75) is 18.7 Å². The van der Waals surface area contributed by atoms with E-state index < -0.39 is 10.0 Å². The maximum absolute atomic E-state index is 12.8. The summed E-state index contributed by atoms with van der Waals surface area (Å²) in [6.45, 7) is 3.87. The van der Waals surface area contributed by atoms with E-state index in [0.29, 0.717) is 5.71 Å². The van der Waals surface area contributed by atoms with Crippen LogP contribution in [0.25, 0.3) is 5.57 Å². The highest BCUT2D eigenvalue weighted by molar-refractivity contribution is 7.90. The lowest BCUT2D eigenvalue weighted by atomic mass is 10.0. The van der Waals surface area contributed by atoms with Crippen LogP contribution >= 0.6 is 0 Å². The fourth-order valence-corrected chi connectivity index (χ4v) is 3.66. The molecule has 3 nitrogen and oxygen atoms in total. The summed E-state index contributed by atoms with van der Waals surface area (Å²) < 4.78 is 29.8. The molecule has 0 amide bonds. The van der Waals surface area contributed by atoms with Gasteiger partial charge in [0.2, 0.25) is 0 Å². The maximum Gasteiger partial charge on any atom is 0.282 e. The molecule has 0 aliphatic heterocycles. The number of hydrogen-bond donors (Lipinski definition) is 0. The Morgan fingerprint density at radius 1 is 0.778 bits per heavy atom. The van der Waals surface area contributed by atoms with E-state index in [4.69, 9.17) is 0 Å². The van der Waals surface area contributed by atoms with E-state index in [-0.39, 0.29) is 4.90 Å². The van der Waals surface area contributed by atoms with Gasteiger partial charge in [0.1, 0.15) is 0 Å². The van der Waals surface area contributed by atoms with E-state index in [1.807, 2.05) is 80.6 Å². The first-order chi connectivity index (χ1) is 13.0. The molecule has 136 valence electrons. The van der Waals surface area contributed by atoms with Crippen molar-refractivity contribution in [3.8, 4) is 0 Å². The zero-order chi connectivity index (χ0) is 19.3. The highest BCUT2D eigenvalue weighted by Crippen LogP contribution is 2.19. The molecular weight excluding hydrogens is 354 g/mol. The van der Waals surface area contributed by atoms with E-state index in [1.54, 1.807) is 24.3 Å². The van der Waals surface area contributed by atoms with E-state index >= 15 is 0 Å². The number of nitrogens with zero attached hydrogens (tertiary/aromatic N) is 1. The second-order valence-corrected chi connectivity index (χ2v) is 7.93. The summed E-state index contributed by atoms with van der Waals surface area (Å²) in [5.74, 6) is 0. The third kappa shape index (κ3) is 4.80. The monoisotopic (exact) mass is 375 g/mol. The highest BCUT2D eigenvalue weighted by atomic mass is 32.2. The second kappa shape index (κ2) is 8.14. The first-order valence-electron chi connectivity index (χ1n) is 8.66. The van der Waals surface area contributed by atoms with Gasteiger partial charge in [-0.2, -0.15) is 12.8 Å². The third-order valence-electron chi connectivity index (χ3n) is 4.19. The minimum absolute atomic E-state index is 0.187. The lowest BCUT2D eigenvalue weighted by Crippen LogP contribution is -2.05. The average Bonchev–Trinajstić information content (AvgIpc) is 2.69. The lowest BCUT2D eigenvalue weighted by molar-refractivity contribution is 0.598. The van der Waals surface area contributed by atoms with E-state index in [1.165, 1.54) is 0 Å². The van der Waals surface area contributed by atoms with Crippen LogP contribution in [0.4, 0.5) is 0 Å². The average molecular weight is 375 g/mol. The van der Waals surface area contributed by atoms with Crippen LogP contribution in [0.15, 0.2) is 100 Å². The van der Waals surface area contributed by atoms with Crippen molar-refractivity contribution >= 4 is 21.3 Å². The molecule has 27 heavy (non-hydrogen) atoms. The topological polar surface area (TPSA) is 46.5 Å². The van der Waals surface area contributed by atoms with E-state index in [9.17, 15) is 8.42 Å². The predicted molar refractivity (Wildman–Crippen MR) is 111 cm³/mol. The molecule has 0 N–H and O–H groups in total. The number of benzene rings is 3. The van der Waals surface area contributed by atoms with E-state index in [2.05, 4.69) is 4.40 Å². The number of sulfonamides is 1. The van der Waals surface area contributed by atoms with Crippen molar-refractivity contribution in [1.29, 1.82) is 0 Å². The Morgan fingerprint density at radius 3 is 1.85 bits per heavy atom. The Hall–Kier alpha value is -2.98. The van der Waals surface area contributed by atoms with Crippen molar-refractivity contribution in [2.24, 2.45) is 4.40 Å². The molecule has 0 bridgehead atoms. The fourth-order valence-electron chi connectivity index (χ4n) is 2.65. The summed E-state index contributed by atoms with van der Waals surface area (Å²) >= 11 is 0. The lowest BCUT2D eigenvalue weighted by Gasteiger charge is -2.07. The number of aryl methyl sites for hydroxylation is 1. The first-order valence-corrected chi connectivity index (χ1v) is 10.1. The summed E-state index contributed by atoms with van der Waals surface area (Å²) in [7, 11) is -3.81. The second-order valence-electron chi connectivity index (χ2n) is 6.32. The van der Waals surface area contributed by atoms with Crippen molar-refractivity contribution in [2.75, 3.05) is 0 Å². The fraction of sp³-hybridized carbons (Fsp3) is 0.0870. The molecule has 0 spiro atoms. The van der Waals surface area contributed by atoms with Crippen molar-refractivity contribution in [1.82, 2.24) is 0 Å². The summed E-state index contributed by atoms with van der Waals surface area (Å²) in [6, 6.07) is 25.9. The van der Waals surface area contributed by atoms with Gasteiger partial charge in [-0.1, -0.05) is 78.4 Å². The van der Waals surface area contributed by atoms with Gasteiger partial charge in [-0.05, 0) is 43.2 Å². The van der Waals surface area contributed by atoms with Crippen LogP contribution in [0.3, 0.4) is 0 Å². The van der Waals surface area contributed by atoms with Gasteiger partial charge >= 0.3 is 0 Å². The molecule has 0 radical (unpaired) electrons. The van der Waals surface area contributed by atoms with Crippen LogP contribution in [0.2, 0.25) is 0 Å². The zero-order valence-corrected chi connectivity index (χ0v) is 16.1. The number of allylic oxidation sites excluding steroid dienone is 2. The minimum atomic E-state index is -3.81. The third-order valence-corrected chi connectivity index (χ3v) is 5.49. The largest absolute Gasteiger partial charge is 0.282 e. The molecule has 3 aromatic rings. The van der Waals surface area contributed by atoms with Gasteiger partial charge in [-0.25, -0.2) is 0 Å². The zero-order valence-electron chi connectivity index (χ0n) is 15.3. The van der Waals surface area contributed by atoms with Crippen molar-refractivity contribution < 1.29 is 8.42 Å². The van der Waals surface area contributed by atoms with Crippen LogP contribution < -0.4 is 0 Å².